The minimum absolute atomic E-state index is 0.332. The van der Waals surface area contributed by atoms with Crippen molar-refractivity contribution in [2.24, 2.45) is 0 Å². The molecule has 3 aromatic rings. The fraction of sp³-hybridized carbons (Fsp3) is 0.227. The van der Waals surface area contributed by atoms with Gasteiger partial charge in [-0.05, 0) is 19.1 Å². The zero-order chi connectivity index (χ0) is 22.4. The molecule has 0 unspecified atom stereocenters. The molecule has 1 heterocycles. The number of methoxy groups -OCH3 is 2. The third-order valence-electron chi connectivity index (χ3n) is 4.43. The second-order valence-corrected chi connectivity index (χ2v) is 6.46. The number of amides is 1. The van der Waals surface area contributed by atoms with E-state index in [0.717, 1.165) is 4.57 Å². The number of carbonyl (C=O) groups excluding carboxylic acids is 1. The SMILES string of the molecule is CCOc1ccccc1-n1ccn(CC(=O)Nc2cc(OC)cc(OC)c2)c(=O)c1=O. The number of carbonyl (C=O) groups is 1. The topological polar surface area (TPSA) is 101 Å². The average Bonchev–Trinajstić information content (AvgIpc) is 2.77. The summed E-state index contributed by atoms with van der Waals surface area (Å²) in [5.74, 6) is 1.00. The molecule has 162 valence electrons. The molecule has 0 aliphatic carbocycles. The monoisotopic (exact) mass is 425 g/mol. The lowest BCUT2D eigenvalue weighted by Gasteiger charge is -2.13. The Morgan fingerprint density at radius 1 is 0.968 bits per heavy atom. The summed E-state index contributed by atoms with van der Waals surface area (Å²) >= 11 is 0. The van der Waals surface area contributed by atoms with Gasteiger partial charge in [-0.2, -0.15) is 0 Å². The van der Waals surface area contributed by atoms with Crippen LogP contribution < -0.4 is 30.6 Å². The second kappa shape index (κ2) is 9.66. The Bertz CT molecular complexity index is 1180. The van der Waals surface area contributed by atoms with Gasteiger partial charge in [-0.25, -0.2) is 0 Å². The first-order valence-electron chi connectivity index (χ1n) is 9.54. The van der Waals surface area contributed by atoms with Crippen LogP contribution in [0, 0.1) is 0 Å². The summed E-state index contributed by atoms with van der Waals surface area (Å²) in [4.78, 5) is 37.7. The summed E-state index contributed by atoms with van der Waals surface area (Å²) in [6, 6.07) is 11.8. The number of nitrogens with zero attached hydrogens (tertiary/aromatic N) is 2. The molecular formula is C22H23N3O6. The number of rotatable bonds is 8. The maximum absolute atomic E-state index is 12.7. The van der Waals surface area contributed by atoms with Crippen molar-refractivity contribution in [2.75, 3.05) is 26.1 Å². The molecule has 0 aliphatic heterocycles. The molecule has 0 bridgehead atoms. The lowest BCUT2D eigenvalue weighted by atomic mass is 10.2. The lowest BCUT2D eigenvalue weighted by Crippen LogP contribution is -2.41. The smallest absolute Gasteiger partial charge is 0.321 e. The normalized spacial score (nSPS) is 10.4. The van der Waals surface area contributed by atoms with Crippen LogP contribution in [0.3, 0.4) is 0 Å². The molecule has 3 rings (SSSR count). The van der Waals surface area contributed by atoms with Crippen molar-refractivity contribution < 1.29 is 19.0 Å². The molecule has 0 atom stereocenters. The first-order chi connectivity index (χ1) is 15.0. The van der Waals surface area contributed by atoms with E-state index >= 15 is 0 Å². The molecule has 0 aliphatic rings. The van der Waals surface area contributed by atoms with Gasteiger partial charge in [-0.15, -0.1) is 0 Å². The van der Waals surface area contributed by atoms with Crippen LogP contribution in [-0.4, -0.2) is 35.9 Å². The van der Waals surface area contributed by atoms with E-state index in [4.69, 9.17) is 14.2 Å². The minimum atomic E-state index is -0.827. The van der Waals surface area contributed by atoms with E-state index in [0.29, 0.717) is 35.2 Å². The number of hydrogen-bond donors (Lipinski definition) is 1. The summed E-state index contributed by atoms with van der Waals surface area (Å²) in [7, 11) is 3.00. The highest BCUT2D eigenvalue weighted by Gasteiger charge is 2.13. The van der Waals surface area contributed by atoms with Gasteiger partial charge in [0.2, 0.25) is 5.91 Å². The number of aromatic nitrogens is 2. The molecule has 0 spiro atoms. The fourth-order valence-corrected chi connectivity index (χ4v) is 2.99. The molecular weight excluding hydrogens is 402 g/mol. The van der Waals surface area contributed by atoms with E-state index in [2.05, 4.69) is 5.32 Å². The van der Waals surface area contributed by atoms with Gasteiger partial charge in [-0.3, -0.25) is 23.5 Å². The van der Waals surface area contributed by atoms with E-state index in [9.17, 15) is 14.4 Å². The van der Waals surface area contributed by atoms with Gasteiger partial charge >= 0.3 is 11.1 Å². The van der Waals surface area contributed by atoms with Gasteiger partial charge in [-0.1, -0.05) is 12.1 Å². The molecule has 0 fully saturated rings. The van der Waals surface area contributed by atoms with Crippen LogP contribution in [0.4, 0.5) is 5.69 Å². The van der Waals surface area contributed by atoms with E-state index in [1.54, 1.807) is 42.5 Å². The quantitative estimate of drug-likeness (QED) is 0.555. The van der Waals surface area contributed by atoms with Crippen LogP contribution in [0.25, 0.3) is 5.69 Å². The summed E-state index contributed by atoms with van der Waals surface area (Å²) in [5, 5.41) is 2.67. The van der Waals surface area contributed by atoms with Crippen molar-refractivity contribution in [1.82, 2.24) is 9.13 Å². The second-order valence-electron chi connectivity index (χ2n) is 6.46. The Kier molecular flexibility index (Phi) is 6.76. The molecule has 1 N–H and O–H groups in total. The van der Waals surface area contributed by atoms with Crippen LogP contribution in [-0.2, 0) is 11.3 Å². The molecule has 0 saturated heterocycles. The van der Waals surface area contributed by atoms with Crippen molar-refractivity contribution in [3.63, 3.8) is 0 Å². The number of benzene rings is 2. The highest BCUT2D eigenvalue weighted by molar-refractivity contribution is 5.91. The van der Waals surface area contributed by atoms with E-state index in [-0.39, 0.29) is 6.54 Å². The van der Waals surface area contributed by atoms with Crippen LogP contribution in [0.15, 0.2) is 64.4 Å². The summed E-state index contributed by atoms with van der Waals surface area (Å²) in [5.41, 5.74) is -0.725. The Morgan fingerprint density at radius 3 is 2.29 bits per heavy atom. The van der Waals surface area contributed by atoms with Gasteiger partial charge in [0.1, 0.15) is 23.8 Å². The number of para-hydroxylation sites is 2. The standard InChI is InChI=1S/C22H23N3O6/c1-4-31-19-8-6-5-7-18(19)25-10-9-24(21(27)22(25)28)14-20(26)23-15-11-16(29-2)13-17(12-15)30-3/h5-13H,4,14H2,1-3H3,(H,23,26). The van der Waals surface area contributed by atoms with Gasteiger partial charge in [0, 0.05) is 36.3 Å². The summed E-state index contributed by atoms with van der Waals surface area (Å²) < 4.78 is 18.1. The molecule has 0 radical (unpaired) electrons. The highest BCUT2D eigenvalue weighted by atomic mass is 16.5. The minimum Gasteiger partial charge on any atom is -0.497 e. The molecule has 1 aromatic heterocycles. The maximum atomic E-state index is 12.7. The Morgan fingerprint density at radius 2 is 1.65 bits per heavy atom. The average molecular weight is 425 g/mol. The van der Waals surface area contributed by atoms with Gasteiger partial charge < -0.3 is 19.5 Å². The van der Waals surface area contributed by atoms with Crippen LogP contribution in [0.2, 0.25) is 0 Å². The van der Waals surface area contributed by atoms with Crippen molar-refractivity contribution in [2.45, 2.75) is 13.5 Å². The third kappa shape index (κ3) is 4.95. The maximum Gasteiger partial charge on any atom is 0.321 e. The Balaban J connectivity index is 1.84. The molecule has 31 heavy (non-hydrogen) atoms. The number of hydrogen-bond acceptors (Lipinski definition) is 6. The molecule has 1 amide bonds. The largest absolute Gasteiger partial charge is 0.497 e. The van der Waals surface area contributed by atoms with Crippen LogP contribution >= 0.6 is 0 Å². The molecule has 2 aromatic carbocycles. The Hall–Kier alpha value is -4.01. The molecule has 9 heteroatoms. The first-order valence-corrected chi connectivity index (χ1v) is 9.54. The van der Waals surface area contributed by atoms with Crippen LogP contribution in [0.1, 0.15) is 6.92 Å². The zero-order valence-electron chi connectivity index (χ0n) is 17.5. The zero-order valence-corrected chi connectivity index (χ0v) is 17.5. The summed E-state index contributed by atoms with van der Waals surface area (Å²) in [6.07, 6.45) is 2.82. The number of anilines is 1. The van der Waals surface area contributed by atoms with Crippen molar-refractivity contribution in [1.29, 1.82) is 0 Å². The Labute approximate surface area is 178 Å². The third-order valence-corrected chi connectivity index (χ3v) is 4.43. The first kappa shape index (κ1) is 21.7. The van der Waals surface area contributed by atoms with Gasteiger partial charge in [0.05, 0.1) is 26.5 Å². The van der Waals surface area contributed by atoms with E-state index in [1.165, 1.54) is 31.2 Å². The van der Waals surface area contributed by atoms with Crippen molar-refractivity contribution >= 4 is 11.6 Å². The number of ether oxygens (including phenoxy) is 3. The van der Waals surface area contributed by atoms with Gasteiger partial charge in [0.15, 0.2) is 0 Å². The van der Waals surface area contributed by atoms with Crippen molar-refractivity contribution in [3.05, 3.63) is 75.6 Å². The summed E-state index contributed by atoms with van der Waals surface area (Å²) in [6.45, 7) is 1.91. The molecule has 9 nitrogen and oxygen atoms in total. The fourth-order valence-electron chi connectivity index (χ4n) is 2.99. The lowest BCUT2D eigenvalue weighted by molar-refractivity contribution is -0.116. The van der Waals surface area contributed by atoms with Gasteiger partial charge in [0.25, 0.3) is 0 Å². The number of nitrogens with one attached hydrogen (secondary N) is 1. The van der Waals surface area contributed by atoms with E-state index in [1.807, 2.05) is 6.92 Å². The highest BCUT2D eigenvalue weighted by Crippen LogP contribution is 2.25. The van der Waals surface area contributed by atoms with Crippen molar-refractivity contribution in [3.8, 4) is 22.9 Å². The predicted molar refractivity (Wildman–Crippen MR) is 116 cm³/mol. The van der Waals surface area contributed by atoms with Crippen LogP contribution in [0.5, 0.6) is 17.2 Å². The molecule has 0 saturated carbocycles. The predicted octanol–water partition coefficient (Wildman–Crippen LogP) is 2.05. The van der Waals surface area contributed by atoms with E-state index < -0.39 is 17.0 Å².